The van der Waals surface area contributed by atoms with Crippen LogP contribution in [0.15, 0.2) is 24.3 Å². The van der Waals surface area contributed by atoms with Crippen molar-refractivity contribution >= 4 is 6.03 Å². The highest BCUT2D eigenvalue weighted by Gasteiger charge is 2.42. The van der Waals surface area contributed by atoms with Crippen molar-refractivity contribution in [2.45, 2.75) is 43.7 Å². The van der Waals surface area contributed by atoms with Crippen LogP contribution in [0.5, 0.6) is 5.75 Å². The van der Waals surface area contributed by atoms with Crippen LogP contribution in [0.4, 0.5) is 4.79 Å². The van der Waals surface area contributed by atoms with Crippen LogP contribution in [0.1, 0.15) is 37.2 Å². The summed E-state index contributed by atoms with van der Waals surface area (Å²) in [6, 6.07) is 9.06. The number of ether oxygens (including phenoxy) is 1. The second kappa shape index (κ2) is 6.63. The summed E-state index contributed by atoms with van der Waals surface area (Å²) < 4.78 is 5.44. The van der Waals surface area contributed by atoms with Gasteiger partial charge in [-0.15, -0.1) is 0 Å². The zero-order valence-electron chi connectivity index (χ0n) is 14.4. The molecule has 0 aromatic heterocycles. The molecule has 1 N–H and O–H groups in total. The molecule has 2 saturated heterocycles. The molecule has 0 spiro atoms. The van der Waals surface area contributed by atoms with Gasteiger partial charge < -0.3 is 15.0 Å². The molecule has 3 aliphatic rings. The normalized spacial score (nSPS) is 29.7. The van der Waals surface area contributed by atoms with E-state index in [1.54, 1.807) is 7.11 Å². The molecule has 4 rings (SSSR count). The number of nitrogens with zero attached hydrogens (tertiary/aromatic N) is 2. The van der Waals surface area contributed by atoms with E-state index in [9.17, 15) is 4.79 Å². The maximum atomic E-state index is 12.6. The van der Waals surface area contributed by atoms with Crippen molar-refractivity contribution in [3.8, 4) is 5.75 Å². The molecule has 0 bridgehead atoms. The molecular weight excluding hydrogens is 302 g/mol. The quantitative estimate of drug-likeness (QED) is 0.923. The van der Waals surface area contributed by atoms with Crippen LogP contribution in [0.25, 0.3) is 0 Å². The van der Waals surface area contributed by atoms with Crippen LogP contribution < -0.4 is 10.1 Å². The summed E-state index contributed by atoms with van der Waals surface area (Å²) in [5, 5.41) is 3.22. The van der Waals surface area contributed by atoms with Gasteiger partial charge in [-0.1, -0.05) is 18.2 Å². The maximum Gasteiger partial charge on any atom is 0.317 e. The average molecular weight is 329 g/mol. The predicted molar refractivity (Wildman–Crippen MR) is 93.5 cm³/mol. The van der Waals surface area contributed by atoms with Crippen molar-refractivity contribution in [2.75, 3.05) is 33.3 Å². The molecule has 1 aromatic carbocycles. The molecule has 5 nitrogen and oxygen atoms in total. The highest BCUT2D eigenvalue weighted by Crippen LogP contribution is 2.44. The zero-order valence-corrected chi connectivity index (χ0v) is 14.4. The Morgan fingerprint density at radius 1 is 1.21 bits per heavy atom. The number of carbonyl (C=O) groups excluding carboxylic acids is 1. The number of likely N-dealkylation sites (tertiary alicyclic amines) is 2. The summed E-state index contributed by atoms with van der Waals surface area (Å²) in [6.07, 6.45) is 4.75. The van der Waals surface area contributed by atoms with E-state index in [0.29, 0.717) is 12.0 Å². The molecule has 5 heteroatoms. The van der Waals surface area contributed by atoms with Crippen LogP contribution in [0, 0.1) is 0 Å². The number of para-hydroxylation sites is 1. The summed E-state index contributed by atoms with van der Waals surface area (Å²) in [6.45, 7) is 4.19. The predicted octanol–water partition coefficient (Wildman–Crippen LogP) is 2.43. The molecule has 1 saturated carbocycles. The number of benzene rings is 1. The molecule has 2 heterocycles. The van der Waals surface area contributed by atoms with Crippen LogP contribution in [-0.4, -0.2) is 61.2 Å². The minimum absolute atomic E-state index is 0.110. The van der Waals surface area contributed by atoms with Gasteiger partial charge in [0.25, 0.3) is 0 Å². The molecule has 3 atom stereocenters. The molecule has 2 aliphatic heterocycles. The highest BCUT2D eigenvalue weighted by molar-refractivity contribution is 5.75. The van der Waals surface area contributed by atoms with Crippen molar-refractivity contribution in [3.63, 3.8) is 0 Å². The highest BCUT2D eigenvalue weighted by atomic mass is 16.5. The Hall–Kier alpha value is -1.75. The topological polar surface area (TPSA) is 44.8 Å². The van der Waals surface area contributed by atoms with Crippen LogP contribution in [0.3, 0.4) is 0 Å². The van der Waals surface area contributed by atoms with Gasteiger partial charge in [-0.3, -0.25) is 4.90 Å². The first kappa shape index (κ1) is 15.8. The summed E-state index contributed by atoms with van der Waals surface area (Å²) in [7, 11) is 1.71. The maximum absolute atomic E-state index is 12.6. The first-order valence-corrected chi connectivity index (χ1v) is 9.18. The smallest absolute Gasteiger partial charge is 0.317 e. The largest absolute Gasteiger partial charge is 0.496 e. The minimum atomic E-state index is 0.110. The Morgan fingerprint density at radius 2 is 2.00 bits per heavy atom. The Balaban J connectivity index is 1.30. The van der Waals surface area contributed by atoms with E-state index in [2.05, 4.69) is 16.3 Å². The number of methoxy groups -OCH3 is 1. The van der Waals surface area contributed by atoms with Gasteiger partial charge in [0, 0.05) is 31.1 Å². The van der Waals surface area contributed by atoms with E-state index in [4.69, 9.17) is 4.74 Å². The number of amides is 2. The molecule has 24 heavy (non-hydrogen) atoms. The van der Waals surface area contributed by atoms with Crippen molar-refractivity contribution in [3.05, 3.63) is 29.8 Å². The van der Waals surface area contributed by atoms with E-state index in [-0.39, 0.29) is 12.1 Å². The van der Waals surface area contributed by atoms with E-state index < -0.39 is 0 Å². The molecular formula is C19H27N3O2. The van der Waals surface area contributed by atoms with E-state index in [1.165, 1.54) is 31.5 Å². The number of hydrogen-bond donors (Lipinski definition) is 1. The number of carbonyl (C=O) groups is 1. The van der Waals surface area contributed by atoms with Gasteiger partial charge in [-0.05, 0) is 50.4 Å². The van der Waals surface area contributed by atoms with Gasteiger partial charge in [-0.25, -0.2) is 4.79 Å². The Bertz CT molecular complexity index is 600. The number of urea groups is 1. The third kappa shape index (κ3) is 3.09. The zero-order chi connectivity index (χ0) is 16.5. The van der Waals surface area contributed by atoms with Crippen molar-refractivity contribution in [1.29, 1.82) is 0 Å². The summed E-state index contributed by atoms with van der Waals surface area (Å²) in [4.78, 5) is 17.1. The molecule has 1 aromatic rings. The van der Waals surface area contributed by atoms with Gasteiger partial charge in [0.2, 0.25) is 0 Å². The number of hydrogen-bond acceptors (Lipinski definition) is 3. The second-order valence-electron chi connectivity index (χ2n) is 7.27. The fourth-order valence-electron chi connectivity index (χ4n) is 4.25. The number of nitrogens with one attached hydrogen (secondary N) is 1. The molecule has 2 amide bonds. The lowest BCUT2D eigenvalue weighted by molar-refractivity contribution is 0.198. The van der Waals surface area contributed by atoms with Gasteiger partial charge >= 0.3 is 6.03 Å². The molecule has 1 aliphatic carbocycles. The lowest BCUT2D eigenvalue weighted by Gasteiger charge is -2.23. The van der Waals surface area contributed by atoms with E-state index in [1.807, 2.05) is 23.1 Å². The van der Waals surface area contributed by atoms with Crippen molar-refractivity contribution in [1.82, 2.24) is 15.1 Å². The summed E-state index contributed by atoms with van der Waals surface area (Å²) in [5.74, 6) is 1.32. The van der Waals surface area contributed by atoms with Crippen LogP contribution in [-0.2, 0) is 0 Å². The Labute approximate surface area is 144 Å². The third-order valence-corrected chi connectivity index (χ3v) is 5.75. The summed E-state index contributed by atoms with van der Waals surface area (Å²) in [5.41, 5.74) is 1.21. The van der Waals surface area contributed by atoms with Crippen LogP contribution >= 0.6 is 0 Å². The Morgan fingerprint density at radius 3 is 2.79 bits per heavy atom. The molecule has 130 valence electrons. The van der Waals surface area contributed by atoms with Crippen LogP contribution in [0.2, 0.25) is 0 Å². The summed E-state index contributed by atoms with van der Waals surface area (Å²) >= 11 is 0. The van der Waals surface area contributed by atoms with Crippen molar-refractivity contribution in [2.24, 2.45) is 0 Å². The standard InChI is InChI=1S/C19H27N3O2/c1-24-18-7-3-2-6-15(18)16-12-17(16)20-19(23)22-11-8-14(13-22)21-9-4-5-10-21/h2-3,6-7,14,16-17H,4-5,8-13H2,1H3,(H,20,23)/t14-,16+,17+/m1/s1. The van der Waals surface area contributed by atoms with Gasteiger partial charge in [0.1, 0.15) is 5.75 Å². The lowest BCUT2D eigenvalue weighted by atomic mass is 10.1. The minimum Gasteiger partial charge on any atom is -0.496 e. The molecule has 3 fully saturated rings. The SMILES string of the molecule is COc1ccccc1[C@@H]1C[C@@H]1NC(=O)N1CC[C@@H](N2CCCC2)C1. The number of rotatable bonds is 4. The first-order chi connectivity index (χ1) is 11.8. The third-order valence-electron chi connectivity index (χ3n) is 5.75. The monoisotopic (exact) mass is 329 g/mol. The first-order valence-electron chi connectivity index (χ1n) is 9.18. The average Bonchev–Trinajstić information content (AvgIpc) is 3.03. The fourth-order valence-corrected chi connectivity index (χ4v) is 4.25. The molecule has 0 radical (unpaired) electrons. The Kier molecular flexibility index (Phi) is 4.35. The van der Waals surface area contributed by atoms with Gasteiger partial charge in [0.05, 0.1) is 7.11 Å². The van der Waals surface area contributed by atoms with Gasteiger partial charge in [-0.2, -0.15) is 0 Å². The second-order valence-corrected chi connectivity index (χ2v) is 7.27. The van der Waals surface area contributed by atoms with Crippen molar-refractivity contribution < 1.29 is 9.53 Å². The van der Waals surface area contributed by atoms with Gasteiger partial charge in [0.15, 0.2) is 0 Å². The fraction of sp³-hybridized carbons (Fsp3) is 0.632. The lowest BCUT2D eigenvalue weighted by Crippen LogP contribution is -2.42. The van der Waals surface area contributed by atoms with E-state index in [0.717, 1.165) is 31.7 Å². The molecule has 0 unspecified atom stereocenters. The van der Waals surface area contributed by atoms with E-state index >= 15 is 0 Å².